The van der Waals surface area contributed by atoms with Crippen LogP contribution in [0, 0.1) is 12.7 Å². The van der Waals surface area contributed by atoms with Crippen LogP contribution in [0.25, 0.3) is 0 Å². The van der Waals surface area contributed by atoms with Crippen molar-refractivity contribution in [2.75, 3.05) is 13.1 Å². The van der Waals surface area contributed by atoms with E-state index in [2.05, 4.69) is 17.8 Å². The van der Waals surface area contributed by atoms with Crippen molar-refractivity contribution >= 4 is 14.0 Å². The summed E-state index contributed by atoms with van der Waals surface area (Å²) in [6.45, 7) is 3.76. The van der Waals surface area contributed by atoms with Crippen molar-refractivity contribution in [3.8, 4) is 5.88 Å². The van der Waals surface area contributed by atoms with Crippen molar-refractivity contribution in [2.24, 2.45) is 0 Å². The highest BCUT2D eigenvalue weighted by Crippen LogP contribution is 2.27. The van der Waals surface area contributed by atoms with Crippen LogP contribution in [0.4, 0.5) is 4.39 Å². The van der Waals surface area contributed by atoms with Crippen molar-refractivity contribution in [2.45, 2.75) is 32.3 Å². The number of nitrogens with zero attached hydrogens (tertiary/aromatic N) is 2. The fourth-order valence-corrected chi connectivity index (χ4v) is 3.28. The maximum Gasteiger partial charge on any atom is 0.336 e. The Bertz CT molecular complexity index is 807. The number of carbonyl (C=O) groups is 1. The minimum absolute atomic E-state index is 0.0103. The van der Waals surface area contributed by atoms with Crippen LogP contribution in [-0.2, 0) is 6.61 Å². The Labute approximate surface area is 153 Å². The molecule has 0 bridgehead atoms. The summed E-state index contributed by atoms with van der Waals surface area (Å²) in [5.41, 5.74) is 1.80. The molecule has 5 nitrogen and oxygen atoms in total. The van der Waals surface area contributed by atoms with E-state index in [1.807, 2.05) is 12.1 Å². The number of aryl methyl sites for hydroxylation is 1. The molecule has 26 heavy (non-hydrogen) atoms. The molecule has 1 N–H and O–H groups in total. The topological polar surface area (TPSA) is 62.7 Å². The van der Waals surface area contributed by atoms with E-state index < -0.39 is 11.8 Å². The molecule has 0 atom stereocenters. The van der Waals surface area contributed by atoms with Gasteiger partial charge in [0, 0.05) is 23.2 Å². The highest BCUT2D eigenvalue weighted by Gasteiger charge is 2.20. The zero-order chi connectivity index (χ0) is 18.7. The van der Waals surface area contributed by atoms with Gasteiger partial charge in [-0.3, -0.25) is 0 Å². The quantitative estimate of drug-likeness (QED) is 0.835. The fraction of sp³-hybridized carbons (Fsp3) is 0.368. The van der Waals surface area contributed by atoms with E-state index in [-0.39, 0.29) is 12.2 Å². The predicted molar refractivity (Wildman–Crippen MR) is 98.8 cm³/mol. The third-order valence-electron chi connectivity index (χ3n) is 4.88. The van der Waals surface area contributed by atoms with Crippen LogP contribution in [-0.4, -0.2) is 41.9 Å². The third-order valence-corrected chi connectivity index (χ3v) is 4.88. The van der Waals surface area contributed by atoms with Gasteiger partial charge in [-0.25, -0.2) is 14.2 Å². The van der Waals surface area contributed by atoms with Gasteiger partial charge in [0.2, 0.25) is 5.88 Å². The SMILES string of the molecule is BN1CCC(c2cccc(OCc3cc(C)c(C(=O)O)cc3F)n2)CC1. The number of ether oxygens (including phenoxy) is 1. The normalized spacial score (nSPS) is 15.8. The van der Waals surface area contributed by atoms with E-state index in [0.717, 1.165) is 37.7 Å². The molecular weight excluding hydrogens is 334 g/mol. The van der Waals surface area contributed by atoms with Crippen molar-refractivity contribution in [1.82, 2.24) is 9.79 Å². The number of carboxylic acids is 1. The smallest absolute Gasteiger partial charge is 0.336 e. The number of benzene rings is 1. The molecule has 0 spiro atoms. The summed E-state index contributed by atoms with van der Waals surface area (Å²) in [6.07, 6.45) is 2.13. The maximum atomic E-state index is 14.1. The highest BCUT2D eigenvalue weighted by atomic mass is 19.1. The molecule has 3 rings (SSSR count). The largest absolute Gasteiger partial charge is 0.478 e. The molecule has 2 heterocycles. The molecule has 1 aliphatic heterocycles. The van der Waals surface area contributed by atoms with Crippen molar-refractivity contribution in [1.29, 1.82) is 0 Å². The average Bonchev–Trinajstić information content (AvgIpc) is 2.62. The molecule has 0 aliphatic carbocycles. The number of carboxylic acid groups (broad SMARTS) is 1. The van der Waals surface area contributed by atoms with Crippen molar-refractivity contribution in [3.05, 3.63) is 58.5 Å². The van der Waals surface area contributed by atoms with Gasteiger partial charge < -0.3 is 14.7 Å². The van der Waals surface area contributed by atoms with Gasteiger partial charge in [0.05, 0.1) is 5.56 Å². The van der Waals surface area contributed by atoms with Crippen molar-refractivity contribution < 1.29 is 19.0 Å². The van der Waals surface area contributed by atoms with Crippen molar-refractivity contribution in [3.63, 3.8) is 0 Å². The molecule has 0 unspecified atom stereocenters. The van der Waals surface area contributed by atoms with Gasteiger partial charge in [0.1, 0.15) is 12.4 Å². The van der Waals surface area contributed by atoms with E-state index in [4.69, 9.17) is 9.84 Å². The maximum absolute atomic E-state index is 14.1. The number of pyridine rings is 1. The van der Waals surface area contributed by atoms with Gasteiger partial charge in [0.25, 0.3) is 0 Å². The summed E-state index contributed by atoms with van der Waals surface area (Å²) < 4.78 is 19.8. The molecule has 136 valence electrons. The Morgan fingerprint density at radius 2 is 2.12 bits per heavy atom. The lowest BCUT2D eigenvalue weighted by Gasteiger charge is -2.29. The molecule has 2 aromatic rings. The lowest BCUT2D eigenvalue weighted by molar-refractivity contribution is 0.0695. The summed E-state index contributed by atoms with van der Waals surface area (Å²) in [4.78, 5) is 17.9. The molecule has 0 saturated carbocycles. The summed E-state index contributed by atoms with van der Waals surface area (Å²) in [6, 6.07) is 8.23. The number of rotatable bonds is 5. The molecule has 1 aromatic heterocycles. The second kappa shape index (κ2) is 7.87. The Kier molecular flexibility index (Phi) is 5.56. The van der Waals surface area contributed by atoms with E-state index in [1.54, 1.807) is 13.0 Å². The minimum Gasteiger partial charge on any atom is -0.478 e. The Morgan fingerprint density at radius 3 is 2.81 bits per heavy atom. The van der Waals surface area contributed by atoms with Crippen LogP contribution < -0.4 is 4.74 Å². The minimum atomic E-state index is -1.14. The van der Waals surface area contributed by atoms with Gasteiger partial charge in [-0.15, -0.1) is 0 Å². The summed E-state index contributed by atoms with van der Waals surface area (Å²) in [5, 5.41) is 9.05. The van der Waals surface area contributed by atoms with Crippen LogP contribution in [0.2, 0.25) is 0 Å². The zero-order valence-electron chi connectivity index (χ0n) is 15.0. The summed E-state index contributed by atoms with van der Waals surface area (Å²) in [7, 11) is 2.12. The second-order valence-electron chi connectivity index (χ2n) is 6.83. The monoisotopic (exact) mass is 356 g/mol. The first-order valence-electron chi connectivity index (χ1n) is 8.74. The molecular formula is C19H22BFN2O3. The van der Waals surface area contributed by atoms with E-state index >= 15 is 0 Å². The lowest BCUT2D eigenvalue weighted by Crippen LogP contribution is -2.30. The van der Waals surface area contributed by atoms with E-state index in [0.29, 0.717) is 22.9 Å². The van der Waals surface area contributed by atoms with Crippen LogP contribution in [0.3, 0.4) is 0 Å². The number of hydrogen-bond acceptors (Lipinski definition) is 4. The first kappa shape index (κ1) is 18.4. The molecule has 1 fully saturated rings. The summed E-state index contributed by atoms with van der Waals surface area (Å²) in [5.74, 6) is -0.842. The fourth-order valence-electron chi connectivity index (χ4n) is 3.28. The first-order chi connectivity index (χ1) is 12.4. The van der Waals surface area contributed by atoms with E-state index in [9.17, 15) is 9.18 Å². The van der Waals surface area contributed by atoms with Crippen LogP contribution in [0.1, 0.15) is 45.9 Å². The van der Waals surface area contributed by atoms with Gasteiger partial charge in [-0.2, -0.15) is 0 Å². The highest BCUT2D eigenvalue weighted by molar-refractivity contribution is 6.04. The third kappa shape index (κ3) is 4.22. The standard InChI is InChI=1S/C19H22BFN2O3/c1-12-9-14(16(21)10-15(12)19(24)25)11-26-18-4-2-3-17(22-18)13-5-7-23(20)8-6-13/h2-4,9-10,13H,5-8,11,20H2,1H3,(H,24,25). The van der Waals surface area contributed by atoms with Gasteiger partial charge >= 0.3 is 5.97 Å². The average molecular weight is 356 g/mol. The molecule has 1 aromatic carbocycles. The molecule has 7 heteroatoms. The van der Waals surface area contributed by atoms with Gasteiger partial charge in [-0.05, 0) is 56.6 Å². The number of hydrogen-bond donors (Lipinski definition) is 1. The number of halogens is 1. The van der Waals surface area contributed by atoms with Crippen LogP contribution >= 0.6 is 0 Å². The Balaban J connectivity index is 1.69. The molecule has 0 radical (unpaired) electrons. The number of aromatic nitrogens is 1. The Hall–Kier alpha value is -2.41. The second-order valence-corrected chi connectivity index (χ2v) is 6.83. The predicted octanol–water partition coefficient (Wildman–Crippen LogP) is 2.53. The van der Waals surface area contributed by atoms with Gasteiger partial charge in [-0.1, -0.05) is 6.07 Å². The van der Waals surface area contributed by atoms with Gasteiger partial charge in [0.15, 0.2) is 7.98 Å². The van der Waals surface area contributed by atoms with Crippen LogP contribution in [0.15, 0.2) is 30.3 Å². The number of aromatic carboxylic acids is 1. The number of piperidine rings is 1. The summed E-state index contributed by atoms with van der Waals surface area (Å²) >= 11 is 0. The first-order valence-corrected chi connectivity index (χ1v) is 8.74. The van der Waals surface area contributed by atoms with Crippen LogP contribution in [0.5, 0.6) is 5.88 Å². The zero-order valence-corrected chi connectivity index (χ0v) is 15.0. The van der Waals surface area contributed by atoms with E-state index in [1.165, 1.54) is 6.07 Å². The molecule has 1 aliphatic rings. The molecule has 0 amide bonds. The lowest BCUT2D eigenvalue weighted by atomic mass is 9.92. The Morgan fingerprint density at radius 1 is 1.38 bits per heavy atom. The molecule has 1 saturated heterocycles.